The van der Waals surface area contributed by atoms with Gasteiger partial charge in [-0.05, 0) is 135 Å². The van der Waals surface area contributed by atoms with Crippen molar-refractivity contribution in [3.05, 3.63) is 76.1 Å². The zero-order valence-corrected chi connectivity index (χ0v) is 31.9. The lowest BCUT2D eigenvalue weighted by molar-refractivity contribution is -0.144. The zero-order chi connectivity index (χ0) is 36.9. The summed E-state index contributed by atoms with van der Waals surface area (Å²) >= 11 is 6.31. The number of aryl methyl sites for hydroxylation is 1. The Morgan fingerprint density at radius 3 is 2.57 bits per heavy atom. The van der Waals surface area contributed by atoms with Crippen LogP contribution in [0.2, 0.25) is 5.02 Å². The summed E-state index contributed by atoms with van der Waals surface area (Å²) in [5, 5.41) is 14.7. The topological polar surface area (TPSA) is 110 Å². The number of benzene rings is 2. The van der Waals surface area contributed by atoms with Gasteiger partial charge in [-0.15, -0.1) is 0 Å². The number of nitrogens with zero attached hydrogens (tertiary/aromatic N) is 2. The maximum absolute atomic E-state index is 13.1. The summed E-state index contributed by atoms with van der Waals surface area (Å²) in [7, 11) is 0. The fourth-order valence-corrected chi connectivity index (χ4v) is 10.4. The van der Waals surface area contributed by atoms with Crippen LogP contribution < -0.4 is 19.5 Å². The number of Topliss-reactive ketones (excluding diaryl/α,β-unsaturated/α-hetero) is 1. The van der Waals surface area contributed by atoms with Gasteiger partial charge in [-0.2, -0.15) is 0 Å². The molecule has 0 bridgehead atoms. The van der Waals surface area contributed by atoms with Crippen molar-refractivity contribution >= 4 is 29.0 Å². The number of ketones is 1. The van der Waals surface area contributed by atoms with Crippen molar-refractivity contribution < 1.29 is 28.9 Å². The van der Waals surface area contributed by atoms with Crippen LogP contribution in [0.15, 0.2) is 48.7 Å². The number of nitrogens with one attached hydrogen (secondary N) is 1. The summed E-state index contributed by atoms with van der Waals surface area (Å²) in [5.41, 5.74) is 4.43. The van der Waals surface area contributed by atoms with Gasteiger partial charge in [0.1, 0.15) is 29.3 Å². The standard InChI is InChI=1S/C43H52ClN3O6/c1-26(25-51-35-10-16-45-34-9-4-6-27(2)40(34)35)18-30-19-29-20-36-37(53-39-24-47(17-11-28(3)48)23-38(39)52-36)22-33(29)42(30)12-14-43(15-13-42,41(49)50)46-32-8-5-7-31(44)21-32/h5,7-8,10,16,20-22,26-27,30,38-39,46H,4,6,9,11-15,17-19,23-25H2,1-3H3,(H,49,50)/t26-,27-,30+,38+,39-,42?,43?/m1/s1. The highest BCUT2D eigenvalue weighted by molar-refractivity contribution is 6.30. The molecule has 5 atom stereocenters. The van der Waals surface area contributed by atoms with E-state index >= 15 is 0 Å². The van der Waals surface area contributed by atoms with E-state index in [1.807, 2.05) is 24.4 Å². The Hall–Kier alpha value is -3.82. The van der Waals surface area contributed by atoms with Crippen LogP contribution in [0.3, 0.4) is 0 Å². The van der Waals surface area contributed by atoms with Crippen LogP contribution in [0.4, 0.5) is 5.69 Å². The summed E-state index contributed by atoms with van der Waals surface area (Å²) in [6.07, 6.45) is 9.90. The number of carbonyl (C=O) groups is 2. The monoisotopic (exact) mass is 741 g/mol. The number of carboxylic acid groups (broad SMARTS) is 1. The third-order valence-electron chi connectivity index (χ3n) is 13.0. The van der Waals surface area contributed by atoms with Gasteiger partial charge in [0.25, 0.3) is 0 Å². The molecule has 1 aromatic heterocycles. The minimum absolute atomic E-state index is 0.0686. The van der Waals surface area contributed by atoms with Crippen LogP contribution in [0.25, 0.3) is 0 Å². The fourth-order valence-electron chi connectivity index (χ4n) is 10.2. The van der Waals surface area contributed by atoms with Gasteiger partial charge in [0.15, 0.2) is 11.5 Å². The molecule has 0 unspecified atom stereocenters. The quantitative estimate of drug-likeness (QED) is 0.202. The minimum atomic E-state index is -1.09. The highest BCUT2D eigenvalue weighted by Gasteiger charge is 2.55. The maximum Gasteiger partial charge on any atom is 0.329 e. The Balaban J connectivity index is 1.05. The van der Waals surface area contributed by atoms with E-state index in [1.165, 1.54) is 28.8 Å². The van der Waals surface area contributed by atoms with Crippen molar-refractivity contribution in [2.45, 2.75) is 114 Å². The number of pyridine rings is 1. The number of hydrogen-bond acceptors (Lipinski definition) is 8. The molecular formula is C43H52ClN3O6. The lowest BCUT2D eigenvalue weighted by atomic mass is 9.59. The largest absolute Gasteiger partial charge is 0.493 e. The molecule has 1 saturated carbocycles. The average molecular weight is 742 g/mol. The number of fused-ring (bicyclic) bond motifs is 5. The van der Waals surface area contributed by atoms with Crippen LogP contribution in [0.1, 0.15) is 100 Å². The van der Waals surface area contributed by atoms with Crippen LogP contribution >= 0.6 is 11.6 Å². The summed E-state index contributed by atoms with van der Waals surface area (Å²) in [5.74, 6) is 2.94. The number of carbonyl (C=O) groups excluding carboxylic acids is 1. The third kappa shape index (κ3) is 7.00. The minimum Gasteiger partial charge on any atom is -0.493 e. The van der Waals surface area contributed by atoms with Crippen molar-refractivity contribution in [1.29, 1.82) is 0 Å². The molecule has 8 rings (SSSR count). The van der Waals surface area contributed by atoms with E-state index in [2.05, 4.69) is 41.2 Å². The van der Waals surface area contributed by atoms with Crippen molar-refractivity contribution in [2.24, 2.45) is 11.8 Å². The van der Waals surface area contributed by atoms with Crippen molar-refractivity contribution in [3.63, 3.8) is 0 Å². The first-order valence-corrected chi connectivity index (χ1v) is 20.0. The number of likely N-dealkylation sites (tertiary alicyclic amines) is 1. The summed E-state index contributed by atoms with van der Waals surface area (Å²) < 4.78 is 19.9. The van der Waals surface area contributed by atoms with Crippen LogP contribution in [0, 0.1) is 11.8 Å². The fraction of sp³-hybridized carbons (Fsp3) is 0.558. The van der Waals surface area contributed by atoms with Gasteiger partial charge in [-0.3, -0.25) is 14.7 Å². The first kappa shape index (κ1) is 36.2. The molecular weight excluding hydrogens is 690 g/mol. The van der Waals surface area contributed by atoms with Gasteiger partial charge >= 0.3 is 5.97 Å². The molecule has 2 fully saturated rings. The molecule has 0 amide bonds. The van der Waals surface area contributed by atoms with Crippen LogP contribution in [-0.4, -0.2) is 70.7 Å². The van der Waals surface area contributed by atoms with E-state index < -0.39 is 11.5 Å². The molecule has 282 valence electrons. The predicted octanol–water partition coefficient (Wildman–Crippen LogP) is 8.00. The molecule has 10 heteroatoms. The molecule has 2 aliphatic heterocycles. The Labute approximate surface area is 317 Å². The molecule has 2 N–H and O–H groups in total. The van der Waals surface area contributed by atoms with E-state index in [0.717, 1.165) is 74.6 Å². The van der Waals surface area contributed by atoms with Gasteiger partial charge in [-0.25, -0.2) is 4.79 Å². The van der Waals surface area contributed by atoms with Gasteiger partial charge in [0, 0.05) is 54.2 Å². The lowest BCUT2D eigenvalue weighted by Crippen LogP contribution is -2.53. The SMILES string of the molecule is CC(=O)CCN1C[C@@H]2Oc3cc4c(cc3O[C@@H]2C1)C1(CCC(Nc2cccc(Cl)c2)(C(=O)O)CC1)[C@@H](C[C@@H](C)COc1ccnc2c1[C@H](C)CCC2)C4. The molecule has 2 aromatic carbocycles. The Morgan fingerprint density at radius 2 is 1.85 bits per heavy atom. The molecule has 3 aliphatic carbocycles. The molecule has 0 radical (unpaired) electrons. The highest BCUT2D eigenvalue weighted by Crippen LogP contribution is 2.58. The third-order valence-corrected chi connectivity index (χ3v) is 13.2. The molecule has 1 saturated heterocycles. The number of halogens is 1. The lowest BCUT2D eigenvalue weighted by Gasteiger charge is -2.47. The molecule has 1 spiro atoms. The van der Waals surface area contributed by atoms with Crippen LogP contribution in [-0.2, 0) is 27.8 Å². The Morgan fingerprint density at radius 1 is 1.09 bits per heavy atom. The second-order valence-corrected chi connectivity index (χ2v) is 17.1. The first-order valence-electron chi connectivity index (χ1n) is 19.6. The van der Waals surface area contributed by atoms with Crippen molar-refractivity contribution in [1.82, 2.24) is 9.88 Å². The summed E-state index contributed by atoms with van der Waals surface area (Å²) in [4.78, 5) is 31.6. The van der Waals surface area contributed by atoms with E-state index in [-0.39, 0.29) is 29.3 Å². The molecule has 53 heavy (non-hydrogen) atoms. The number of anilines is 1. The first-order chi connectivity index (χ1) is 25.5. The number of hydrogen-bond donors (Lipinski definition) is 2. The molecule has 3 aromatic rings. The second-order valence-electron chi connectivity index (χ2n) is 16.7. The molecule has 3 heterocycles. The van der Waals surface area contributed by atoms with Gasteiger partial charge < -0.3 is 24.6 Å². The maximum atomic E-state index is 13.1. The number of ether oxygens (including phenoxy) is 3. The van der Waals surface area contributed by atoms with Crippen molar-refractivity contribution in [2.75, 3.05) is 31.6 Å². The molecule has 9 nitrogen and oxygen atoms in total. The van der Waals surface area contributed by atoms with Gasteiger partial charge in [0.05, 0.1) is 6.61 Å². The second kappa shape index (κ2) is 14.4. The Kier molecular flexibility index (Phi) is 9.85. The number of rotatable bonds is 11. The summed E-state index contributed by atoms with van der Waals surface area (Å²) in [6.45, 7) is 9.01. The van der Waals surface area contributed by atoms with E-state index in [1.54, 1.807) is 19.1 Å². The van der Waals surface area contributed by atoms with Gasteiger partial charge in [0.2, 0.25) is 0 Å². The van der Waals surface area contributed by atoms with E-state index in [9.17, 15) is 14.7 Å². The average Bonchev–Trinajstić information content (AvgIpc) is 3.66. The van der Waals surface area contributed by atoms with E-state index in [0.29, 0.717) is 49.3 Å². The van der Waals surface area contributed by atoms with E-state index in [4.69, 9.17) is 25.8 Å². The number of aliphatic carboxylic acids is 1. The smallest absolute Gasteiger partial charge is 0.329 e. The predicted molar refractivity (Wildman–Crippen MR) is 205 cm³/mol. The number of carboxylic acids is 1. The highest BCUT2D eigenvalue weighted by atomic mass is 35.5. The zero-order valence-electron chi connectivity index (χ0n) is 31.2. The van der Waals surface area contributed by atoms with Gasteiger partial charge in [-0.1, -0.05) is 31.5 Å². The van der Waals surface area contributed by atoms with Crippen LogP contribution in [0.5, 0.6) is 17.2 Å². The number of aromatic nitrogens is 1. The molecule has 5 aliphatic rings. The Bertz CT molecular complexity index is 1870. The summed E-state index contributed by atoms with van der Waals surface area (Å²) in [6, 6.07) is 13.8. The normalized spacial score (nSPS) is 29.2. The van der Waals surface area contributed by atoms with Crippen molar-refractivity contribution in [3.8, 4) is 17.2 Å².